The van der Waals surface area contributed by atoms with Gasteiger partial charge in [0.15, 0.2) is 5.82 Å². The Hall–Kier alpha value is -6.10. The van der Waals surface area contributed by atoms with Gasteiger partial charge in [-0.15, -0.1) is 0 Å². The van der Waals surface area contributed by atoms with Crippen LogP contribution in [0.15, 0.2) is 170 Å². The van der Waals surface area contributed by atoms with Crippen LogP contribution in [0.5, 0.6) is 0 Å². The molecule has 3 N–H and O–H groups in total. The number of rotatable bonds is 8. The molecule has 1 atom stereocenters. The molecule has 0 bridgehead atoms. The zero-order valence-electron chi connectivity index (χ0n) is 26.4. The first-order valence-electron chi connectivity index (χ1n) is 16.3. The van der Waals surface area contributed by atoms with Gasteiger partial charge in [0.05, 0.1) is 17.3 Å². The second-order valence-electron chi connectivity index (χ2n) is 12.0. The van der Waals surface area contributed by atoms with E-state index in [0.717, 1.165) is 55.3 Å². The largest absolute Gasteiger partial charge is 0.381 e. The van der Waals surface area contributed by atoms with Crippen LogP contribution >= 0.6 is 0 Å². The molecule has 48 heavy (non-hydrogen) atoms. The molecule has 0 aliphatic heterocycles. The maximum atomic E-state index is 6.83. The molecular weight excluding hydrogens is 585 g/mol. The van der Waals surface area contributed by atoms with Gasteiger partial charge in [-0.2, -0.15) is 0 Å². The van der Waals surface area contributed by atoms with Gasteiger partial charge in [0.25, 0.3) is 0 Å². The lowest BCUT2D eigenvalue weighted by Gasteiger charge is -2.16. The van der Waals surface area contributed by atoms with Crippen molar-refractivity contribution >= 4 is 38.1 Å². The Bertz CT molecular complexity index is 2390. The van der Waals surface area contributed by atoms with Gasteiger partial charge in [0, 0.05) is 34.1 Å². The van der Waals surface area contributed by atoms with Gasteiger partial charge < -0.3 is 11.1 Å². The summed E-state index contributed by atoms with van der Waals surface area (Å²) in [5.74, 6) is 0.687. The van der Waals surface area contributed by atoms with Crippen LogP contribution in [0.2, 0.25) is 0 Å². The van der Waals surface area contributed by atoms with Crippen LogP contribution in [0.4, 0.5) is 0 Å². The standard InChI is InChI=1S/C44H34N4/c45-40(28-41(34-16-5-2-6-17-34)46-29-30-12-3-1-4-13-30)33-22-24-35(25-23-33)44-47-42-37-20-10-8-15-32(37)26-27-39(42)43(48-44)38-21-11-18-31-14-7-9-19-36(31)38/h1-28,40,46H,29,45H2/b41-28-. The van der Waals surface area contributed by atoms with E-state index in [-0.39, 0.29) is 6.04 Å². The molecule has 1 aromatic heterocycles. The topological polar surface area (TPSA) is 63.8 Å². The fourth-order valence-corrected chi connectivity index (χ4v) is 6.43. The van der Waals surface area contributed by atoms with Crippen LogP contribution in [0.3, 0.4) is 0 Å². The van der Waals surface area contributed by atoms with E-state index in [1.165, 1.54) is 16.3 Å². The summed E-state index contributed by atoms with van der Waals surface area (Å²) in [7, 11) is 0. The first kappa shape index (κ1) is 29.3. The average Bonchev–Trinajstić information content (AvgIpc) is 3.16. The smallest absolute Gasteiger partial charge is 0.160 e. The van der Waals surface area contributed by atoms with Crippen LogP contribution in [-0.4, -0.2) is 9.97 Å². The molecule has 0 saturated carbocycles. The van der Waals surface area contributed by atoms with Crippen LogP contribution in [0, 0.1) is 0 Å². The van der Waals surface area contributed by atoms with E-state index in [9.17, 15) is 0 Å². The lowest BCUT2D eigenvalue weighted by Crippen LogP contribution is -2.15. The SMILES string of the molecule is NC(/C=C(\NCc1ccccc1)c1ccccc1)c1ccc(-c2nc(-c3cccc4ccccc34)c3ccc4ccccc4c3n2)cc1. The van der Waals surface area contributed by atoms with Crippen LogP contribution in [0.1, 0.15) is 22.7 Å². The van der Waals surface area contributed by atoms with Gasteiger partial charge in [-0.1, -0.05) is 158 Å². The molecule has 1 unspecified atom stereocenters. The number of aromatic nitrogens is 2. The number of nitrogens with one attached hydrogen (secondary N) is 1. The maximum absolute atomic E-state index is 6.83. The Morgan fingerprint density at radius 3 is 2.00 bits per heavy atom. The normalized spacial score (nSPS) is 12.4. The van der Waals surface area contributed by atoms with Gasteiger partial charge in [-0.3, -0.25) is 0 Å². The first-order valence-corrected chi connectivity index (χ1v) is 16.3. The second kappa shape index (κ2) is 13.0. The monoisotopic (exact) mass is 618 g/mol. The van der Waals surface area contributed by atoms with Crippen molar-refractivity contribution in [3.63, 3.8) is 0 Å². The molecule has 7 aromatic carbocycles. The fraction of sp³-hybridized carbons (Fsp3) is 0.0455. The predicted octanol–water partition coefficient (Wildman–Crippen LogP) is 10.1. The molecule has 230 valence electrons. The Balaban J connectivity index is 1.19. The Morgan fingerprint density at radius 2 is 1.23 bits per heavy atom. The number of hydrogen-bond donors (Lipinski definition) is 2. The molecule has 0 aliphatic carbocycles. The third-order valence-corrected chi connectivity index (χ3v) is 8.95. The molecule has 0 saturated heterocycles. The molecule has 8 rings (SSSR count). The van der Waals surface area contributed by atoms with Crippen molar-refractivity contribution in [3.05, 3.63) is 187 Å². The summed E-state index contributed by atoms with van der Waals surface area (Å²) >= 11 is 0. The molecule has 0 fully saturated rings. The van der Waals surface area contributed by atoms with Gasteiger partial charge in [0.1, 0.15) is 0 Å². The zero-order chi connectivity index (χ0) is 32.3. The van der Waals surface area contributed by atoms with Crippen LogP contribution in [0.25, 0.3) is 60.8 Å². The number of hydrogen-bond acceptors (Lipinski definition) is 4. The van der Waals surface area contributed by atoms with E-state index in [1.54, 1.807) is 0 Å². The molecule has 8 aromatic rings. The van der Waals surface area contributed by atoms with E-state index in [1.807, 2.05) is 24.3 Å². The Morgan fingerprint density at radius 1 is 0.583 bits per heavy atom. The highest BCUT2D eigenvalue weighted by molar-refractivity contribution is 6.12. The van der Waals surface area contributed by atoms with Crippen molar-refractivity contribution < 1.29 is 0 Å². The third-order valence-electron chi connectivity index (χ3n) is 8.95. The van der Waals surface area contributed by atoms with Crippen LogP contribution in [-0.2, 0) is 6.54 Å². The summed E-state index contributed by atoms with van der Waals surface area (Å²) in [4.78, 5) is 10.4. The predicted molar refractivity (Wildman–Crippen MR) is 200 cm³/mol. The Labute approximate surface area is 280 Å². The summed E-state index contributed by atoms with van der Waals surface area (Å²) in [6, 6.07) is 56.4. The highest BCUT2D eigenvalue weighted by Crippen LogP contribution is 2.36. The van der Waals surface area contributed by atoms with Crippen molar-refractivity contribution in [2.45, 2.75) is 12.6 Å². The fourth-order valence-electron chi connectivity index (χ4n) is 6.43. The van der Waals surface area contributed by atoms with Gasteiger partial charge >= 0.3 is 0 Å². The third kappa shape index (κ3) is 5.81. The molecule has 1 heterocycles. The number of nitrogens with zero attached hydrogens (tertiary/aromatic N) is 2. The van der Waals surface area contributed by atoms with E-state index in [0.29, 0.717) is 12.4 Å². The van der Waals surface area contributed by atoms with Crippen molar-refractivity contribution in [2.75, 3.05) is 0 Å². The van der Waals surface area contributed by atoms with E-state index in [4.69, 9.17) is 15.7 Å². The molecule has 0 radical (unpaired) electrons. The number of nitrogens with two attached hydrogens (primary N) is 1. The summed E-state index contributed by atoms with van der Waals surface area (Å²) in [6.07, 6.45) is 2.10. The van der Waals surface area contributed by atoms with Crippen molar-refractivity contribution in [1.82, 2.24) is 15.3 Å². The molecule has 0 spiro atoms. The van der Waals surface area contributed by atoms with Crippen molar-refractivity contribution in [1.29, 1.82) is 0 Å². The van der Waals surface area contributed by atoms with E-state index < -0.39 is 0 Å². The summed E-state index contributed by atoms with van der Waals surface area (Å²) < 4.78 is 0. The zero-order valence-corrected chi connectivity index (χ0v) is 26.4. The minimum Gasteiger partial charge on any atom is -0.381 e. The summed E-state index contributed by atoms with van der Waals surface area (Å²) in [5, 5.41) is 9.27. The van der Waals surface area contributed by atoms with Crippen molar-refractivity contribution in [3.8, 4) is 22.6 Å². The average molecular weight is 619 g/mol. The van der Waals surface area contributed by atoms with Gasteiger partial charge in [-0.25, -0.2) is 9.97 Å². The highest BCUT2D eigenvalue weighted by Gasteiger charge is 2.16. The minimum absolute atomic E-state index is 0.315. The maximum Gasteiger partial charge on any atom is 0.160 e. The minimum atomic E-state index is -0.315. The van der Waals surface area contributed by atoms with E-state index >= 15 is 0 Å². The quantitative estimate of drug-likeness (QED) is 0.166. The van der Waals surface area contributed by atoms with Gasteiger partial charge in [0.2, 0.25) is 0 Å². The lowest BCUT2D eigenvalue weighted by atomic mass is 9.97. The highest BCUT2D eigenvalue weighted by atomic mass is 14.9. The van der Waals surface area contributed by atoms with Gasteiger partial charge in [-0.05, 0) is 45.0 Å². The second-order valence-corrected chi connectivity index (χ2v) is 12.0. The van der Waals surface area contributed by atoms with Crippen molar-refractivity contribution in [2.24, 2.45) is 5.73 Å². The Kier molecular flexibility index (Phi) is 7.91. The molecule has 0 amide bonds. The van der Waals surface area contributed by atoms with Crippen LogP contribution < -0.4 is 11.1 Å². The summed E-state index contributed by atoms with van der Waals surface area (Å²) in [5.41, 5.74) is 15.1. The lowest BCUT2D eigenvalue weighted by molar-refractivity contribution is 0.858. The number of benzene rings is 7. The molecular formula is C44H34N4. The molecule has 4 heteroatoms. The number of fused-ring (bicyclic) bond motifs is 4. The molecule has 0 aliphatic rings. The first-order chi connectivity index (χ1) is 23.7. The summed E-state index contributed by atoms with van der Waals surface area (Å²) in [6.45, 7) is 0.709. The molecule has 4 nitrogen and oxygen atoms in total. The van der Waals surface area contributed by atoms with E-state index in [2.05, 4.69) is 151 Å².